The number of esters is 1. The molecule has 23 heavy (non-hydrogen) atoms. The number of aromatic nitrogens is 1. The first-order valence-electron chi connectivity index (χ1n) is 7.66. The highest BCUT2D eigenvalue weighted by Crippen LogP contribution is 2.22. The smallest absolute Gasteiger partial charge is 0.330 e. The highest BCUT2D eigenvalue weighted by Gasteiger charge is 2.05. The monoisotopic (exact) mass is 305 g/mol. The number of aromatic amines is 1. The van der Waals surface area contributed by atoms with E-state index in [1.54, 1.807) is 6.08 Å². The van der Waals surface area contributed by atoms with Gasteiger partial charge >= 0.3 is 5.97 Å². The zero-order valence-electron chi connectivity index (χ0n) is 13.1. The first kappa shape index (κ1) is 15.1. The highest BCUT2D eigenvalue weighted by molar-refractivity contribution is 5.89. The Morgan fingerprint density at radius 1 is 1.13 bits per heavy atom. The second kappa shape index (κ2) is 6.97. The minimum Gasteiger partial charge on any atom is -0.466 e. The first-order valence-corrected chi connectivity index (χ1v) is 7.66. The Kier molecular flexibility index (Phi) is 4.57. The molecule has 116 valence electrons. The molecule has 0 aliphatic carbocycles. The molecule has 3 heteroatoms. The van der Waals surface area contributed by atoms with Crippen LogP contribution < -0.4 is 0 Å². The minimum atomic E-state index is -0.344. The summed E-state index contributed by atoms with van der Waals surface area (Å²) in [7, 11) is 1.38. The van der Waals surface area contributed by atoms with Crippen molar-refractivity contribution in [3.8, 4) is 0 Å². The van der Waals surface area contributed by atoms with Gasteiger partial charge in [0.25, 0.3) is 0 Å². The zero-order chi connectivity index (χ0) is 16.1. The Bertz CT molecular complexity index is 831. The number of rotatable bonds is 5. The van der Waals surface area contributed by atoms with E-state index < -0.39 is 0 Å². The summed E-state index contributed by atoms with van der Waals surface area (Å²) in [6.07, 6.45) is 7.28. The lowest BCUT2D eigenvalue weighted by Crippen LogP contribution is -1.93. The number of methoxy groups -OCH3 is 1. The molecule has 1 N–H and O–H groups in total. The first-order chi connectivity index (χ1) is 11.3. The second-order valence-corrected chi connectivity index (χ2v) is 5.46. The molecule has 0 saturated heterocycles. The van der Waals surface area contributed by atoms with Crippen LogP contribution in [0.5, 0.6) is 0 Å². The van der Waals surface area contributed by atoms with Gasteiger partial charge in [0, 0.05) is 23.2 Å². The Hall–Kier alpha value is -2.81. The number of fused-ring (bicyclic) bond motifs is 1. The third-order valence-electron chi connectivity index (χ3n) is 3.93. The van der Waals surface area contributed by atoms with Crippen LogP contribution >= 0.6 is 0 Å². The van der Waals surface area contributed by atoms with E-state index in [4.69, 9.17) is 0 Å². The lowest BCUT2D eigenvalue weighted by molar-refractivity contribution is -0.134. The van der Waals surface area contributed by atoms with Crippen LogP contribution in [0.3, 0.4) is 0 Å². The molecule has 3 nitrogen and oxygen atoms in total. The lowest BCUT2D eigenvalue weighted by atomic mass is 10.0. The quantitative estimate of drug-likeness (QED) is 0.568. The van der Waals surface area contributed by atoms with E-state index in [0.29, 0.717) is 0 Å². The SMILES string of the molecule is COC(=O)/C=C/c1ccc2[nH]cc(CCc3ccccc3)c2c1. The molecule has 2 aromatic carbocycles. The van der Waals surface area contributed by atoms with Gasteiger partial charge in [0.1, 0.15) is 0 Å². The lowest BCUT2D eigenvalue weighted by Gasteiger charge is -2.02. The van der Waals surface area contributed by atoms with E-state index in [-0.39, 0.29) is 5.97 Å². The topological polar surface area (TPSA) is 42.1 Å². The molecule has 1 heterocycles. The van der Waals surface area contributed by atoms with E-state index in [0.717, 1.165) is 23.9 Å². The number of H-pyrrole nitrogens is 1. The van der Waals surface area contributed by atoms with Crippen LogP contribution in [-0.4, -0.2) is 18.1 Å². The Labute approximate surface area is 135 Å². The maximum Gasteiger partial charge on any atom is 0.330 e. The van der Waals surface area contributed by atoms with Gasteiger partial charge in [0.05, 0.1) is 7.11 Å². The molecule has 3 rings (SSSR count). The van der Waals surface area contributed by atoms with Crippen LogP contribution in [0.4, 0.5) is 0 Å². The number of hydrogen-bond acceptors (Lipinski definition) is 2. The predicted molar refractivity (Wildman–Crippen MR) is 93.2 cm³/mol. The summed E-state index contributed by atoms with van der Waals surface area (Å²) < 4.78 is 4.62. The fraction of sp³-hybridized carbons (Fsp3) is 0.150. The molecule has 0 amide bonds. The normalized spacial score (nSPS) is 11.2. The van der Waals surface area contributed by atoms with E-state index in [1.165, 1.54) is 29.7 Å². The number of benzene rings is 2. The summed E-state index contributed by atoms with van der Waals surface area (Å²) in [6.45, 7) is 0. The van der Waals surface area contributed by atoms with Gasteiger partial charge in [-0.2, -0.15) is 0 Å². The second-order valence-electron chi connectivity index (χ2n) is 5.46. The van der Waals surface area contributed by atoms with Crippen LogP contribution in [0.1, 0.15) is 16.7 Å². The number of carbonyl (C=O) groups is 1. The Morgan fingerprint density at radius 3 is 2.74 bits per heavy atom. The number of carbonyl (C=O) groups excluding carboxylic acids is 1. The molecular weight excluding hydrogens is 286 g/mol. The molecule has 0 atom stereocenters. The van der Waals surface area contributed by atoms with Crippen molar-refractivity contribution in [2.45, 2.75) is 12.8 Å². The van der Waals surface area contributed by atoms with Crippen molar-refractivity contribution in [1.82, 2.24) is 4.98 Å². The van der Waals surface area contributed by atoms with E-state index >= 15 is 0 Å². The van der Waals surface area contributed by atoms with Crippen LogP contribution in [0, 0.1) is 0 Å². The number of ether oxygens (including phenoxy) is 1. The molecule has 0 spiro atoms. The molecule has 0 fully saturated rings. The van der Waals surface area contributed by atoms with Gasteiger partial charge in [0.15, 0.2) is 0 Å². The van der Waals surface area contributed by atoms with Gasteiger partial charge in [0.2, 0.25) is 0 Å². The maximum absolute atomic E-state index is 11.2. The van der Waals surface area contributed by atoms with Crippen LogP contribution in [0.15, 0.2) is 60.8 Å². The van der Waals surface area contributed by atoms with Crippen molar-refractivity contribution in [3.63, 3.8) is 0 Å². The van der Waals surface area contributed by atoms with Gasteiger partial charge < -0.3 is 9.72 Å². The number of aryl methyl sites for hydroxylation is 2. The van der Waals surface area contributed by atoms with Crippen molar-refractivity contribution in [2.24, 2.45) is 0 Å². The molecule has 0 unspecified atom stereocenters. The van der Waals surface area contributed by atoms with Crippen molar-refractivity contribution >= 4 is 22.9 Å². The van der Waals surface area contributed by atoms with Crippen molar-refractivity contribution in [1.29, 1.82) is 0 Å². The molecule has 3 aromatic rings. The van der Waals surface area contributed by atoms with E-state index in [2.05, 4.69) is 46.2 Å². The predicted octanol–water partition coefficient (Wildman–Crippen LogP) is 4.14. The molecule has 1 aromatic heterocycles. The summed E-state index contributed by atoms with van der Waals surface area (Å²) in [4.78, 5) is 14.5. The van der Waals surface area contributed by atoms with Crippen molar-refractivity contribution in [3.05, 3.63) is 77.5 Å². The van der Waals surface area contributed by atoms with Gasteiger partial charge in [-0.25, -0.2) is 4.79 Å². The zero-order valence-corrected chi connectivity index (χ0v) is 13.1. The van der Waals surface area contributed by atoms with E-state index in [1.807, 2.05) is 18.2 Å². The molecule has 0 bridgehead atoms. The third kappa shape index (κ3) is 3.69. The van der Waals surface area contributed by atoms with Crippen LogP contribution in [0.25, 0.3) is 17.0 Å². The summed E-state index contributed by atoms with van der Waals surface area (Å²) in [5, 5.41) is 1.20. The largest absolute Gasteiger partial charge is 0.466 e. The van der Waals surface area contributed by atoms with Gasteiger partial charge in [-0.1, -0.05) is 36.4 Å². The van der Waals surface area contributed by atoms with Crippen molar-refractivity contribution < 1.29 is 9.53 Å². The van der Waals surface area contributed by atoms with Gasteiger partial charge in [-0.3, -0.25) is 0 Å². The molecule has 0 radical (unpaired) electrons. The van der Waals surface area contributed by atoms with Crippen LogP contribution in [0.2, 0.25) is 0 Å². The average molecular weight is 305 g/mol. The Morgan fingerprint density at radius 2 is 1.96 bits per heavy atom. The fourth-order valence-corrected chi connectivity index (χ4v) is 2.66. The van der Waals surface area contributed by atoms with Crippen LogP contribution in [-0.2, 0) is 22.4 Å². The summed E-state index contributed by atoms with van der Waals surface area (Å²) in [6, 6.07) is 16.6. The minimum absolute atomic E-state index is 0.344. The summed E-state index contributed by atoms with van der Waals surface area (Å²) >= 11 is 0. The average Bonchev–Trinajstić information content (AvgIpc) is 3.01. The van der Waals surface area contributed by atoms with Gasteiger partial charge in [-0.05, 0) is 47.7 Å². The summed E-state index contributed by atoms with van der Waals surface area (Å²) in [5.41, 5.74) is 4.73. The fourth-order valence-electron chi connectivity index (χ4n) is 2.66. The van der Waals surface area contributed by atoms with E-state index in [9.17, 15) is 4.79 Å². The third-order valence-corrected chi connectivity index (χ3v) is 3.93. The number of hydrogen-bond donors (Lipinski definition) is 1. The Balaban J connectivity index is 1.81. The molecular formula is C20H19NO2. The molecule has 0 saturated carbocycles. The molecule has 0 aliphatic heterocycles. The van der Waals surface area contributed by atoms with Gasteiger partial charge in [-0.15, -0.1) is 0 Å². The highest BCUT2D eigenvalue weighted by atomic mass is 16.5. The standard InChI is InChI=1S/C20H19NO2/c1-23-20(22)12-9-16-8-11-19-18(13-16)17(14-21-19)10-7-15-5-3-2-4-6-15/h2-6,8-9,11-14,21H,7,10H2,1H3/b12-9+. The maximum atomic E-state index is 11.2. The van der Waals surface area contributed by atoms with Crippen molar-refractivity contribution in [2.75, 3.05) is 7.11 Å². The molecule has 0 aliphatic rings. The summed E-state index contributed by atoms with van der Waals surface area (Å²) in [5.74, 6) is -0.344. The number of nitrogens with one attached hydrogen (secondary N) is 1.